The molecular formula is C12H17NO. The second kappa shape index (κ2) is 3.91. The summed E-state index contributed by atoms with van der Waals surface area (Å²) in [6.07, 6.45) is 2.84. The Morgan fingerprint density at radius 2 is 2.14 bits per heavy atom. The molecule has 2 rings (SSSR count). The molecule has 1 aliphatic rings. The molecule has 76 valence electrons. The number of benzene rings is 1. The van der Waals surface area contributed by atoms with Gasteiger partial charge in [-0.25, -0.2) is 0 Å². The van der Waals surface area contributed by atoms with Crippen LogP contribution in [-0.4, -0.2) is 12.1 Å². The molecule has 1 N–H and O–H groups in total. The fourth-order valence-electron chi connectivity index (χ4n) is 1.39. The van der Waals surface area contributed by atoms with E-state index in [2.05, 4.69) is 17.4 Å². The van der Waals surface area contributed by atoms with Gasteiger partial charge in [-0.05, 0) is 38.8 Å². The van der Waals surface area contributed by atoms with Crippen molar-refractivity contribution < 1.29 is 4.74 Å². The first-order chi connectivity index (χ1) is 6.74. The highest BCUT2D eigenvalue weighted by Gasteiger charge is 2.20. The molecule has 0 atom stereocenters. The summed E-state index contributed by atoms with van der Waals surface area (Å²) < 4.78 is 5.62. The lowest BCUT2D eigenvalue weighted by Gasteiger charge is -2.11. The van der Waals surface area contributed by atoms with Crippen molar-refractivity contribution >= 4 is 5.69 Å². The SMILES string of the molecule is CC(C)Oc1cccc(NC2CC2)c1. The van der Waals surface area contributed by atoms with Crippen molar-refractivity contribution in [2.24, 2.45) is 0 Å². The Kier molecular flexibility index (Phi) is 2.62. The number of ether oxygens (including phenoxy) is 1. The highest BCUT2D eigenvalue weighted by molar-refractivity contribution is 5.49. The largest absolute Gasteiger partial charge is 0.491 e. The van der Waals surface area contributed by atoms with Gasteiger partial charge in [0.25, 0.3) is 0 Å². The van der Waals surface area contributed by atoms with Crippen LogP contribution in [0.3, 0.4) is 0 Å². The lowest BCUT2D eigenvalue weighted by Crippen LogP contribution is -2.06. The summed E-state index contributed by atoms with van der Waals surface area (Å²) >= 11 is 0. The summed E-state index contributed by atoms with van der Waals surface area (Å²) in [4.78, 5) is 0. The van der Waals surface area contributed by atoms with E-state index in [-0.39, 0.29) is 6.10 Å². The first-order valence-corrected chi connectivity index (χ1v) is 5.27. The normalized spacial score (nSPS) is 15.6. The molecule has 2 nitrogen and oxygen atoms in total. The van der Waals surface area contributed by atoms with Crippen molar-refractivity contribution in [3.05, 3.63) is 24.3 Å². The summed E-state index contributed by atoms with van der Waals surface area (Å²) in [6, 6.07) is 8.88. The van der Waals surface area contributed by atoms with Crippen LogP contribution < -0.4 is 10.1 Å². The van der Waals surface area contributed by atoms with Gasteiger partial charge in [0.1, 0.15) is 5.75 Å². The second-order valence-corrected chi connectivity index (χ2v) is 4.11. The van der Waals surface area contributed by atoms with Crippen LogP contribution in [0.2, 0.25) is 0 Å². The number of anilines is 1. The molecule has 0 heterocycles. The van der Waals surface area contributed by atoms with Gasteiger partial charge < -0.3 is 10.1 Å². The summed E-state index contributed by atoms with van der Waals surface area (Å²) in [5.74, 6) is 0.950. The average molecular weight is 191 g/mol. The van der Waals surface area contributed by atoms with Crippen molar-refractivity contribution in [2.45, 2.75) is 38.8 Å². The van der Waals surface area contributed by atoms with Crippen LogP contribution in [0.4, 0.5) is 5.69 Å². The van der Waals surface area contributed by atoms with Gasteiger partial charge in [-0.2, -0.15) is 0 Å². The van der Waals surface area contributed by atoms with Crippen LogP contribution in [0.5, 0.6) is 5.75 Å². The third kappa shape index (κ3) is 2.66. The topological polar surface area (TPSA) is 21.3 Å². The molecule has 0 bridgehead atoms. The maximum absolute atomic E-state index is 5.62. The van der Waals surface area contributed by atoms with Gasteiger partial charge in [-0.15, -0.1) is 0 Å². The molecule has 0 aromatic heterocycles. The highest BCUT2D eigenvalue weighted by Crippen LogP contribution is 2.26. The highest BCUT2D eigenvalue weighted by atomic mass is 16.5. The molecule has 0 unspecified atom stereocenters. The lowest BCUT2D eigenvalue weighted by molar-refractivity contribution is 0.242. The number of hydrogen-bond donors (Lipinski definition) is 1. The Bertz CT molecular complexity index is 286. The first kappa shape index (κ1) is 9.38. The van der Waals surface area contributed by atoms with Gasteiger partial charge in [-0.1, -0.05) is 6.07 Å². The van der Waals surface area contributed by atoms with Crippen LogP contribution in [-0.2, 0) is 0 Å². The smallest absolute Gasteiger partial charge is 0.121 e. The number of nitrogens with one attached hydrogen (secondary N) is 1. The lowest BCUT2D eigenvalue weighted by atomic mass is 10.3. The van der Waals surface area contributed by atoms with E-state index < -0.39 is 0 Å². The molecule has 1 fully saturated rings. The summed E-state index contributed by atoms with van der Waals surface area (Å²) in [7, 11) is 0. The maximum atomic E-state index is 5.62. The second-order valence-electron chi connectivity index (χ2n) is 4.11. The molecule has 14 heavy (non-hydrogen) atoms. The molecule has 0 amide bonds. The summed E-state index contributed by atoms with van der Waals surface area (Å²) in [5.41, 5.74) is 1.17. The van der Waals surface area contributed by atoms with E-state index in [1.54, 1.807) is 0 Å². The van der Waals surface area contributed by atoms with Crippen LogP contribution in [0.1, 0.15) is 26.7 Å². The number of hydrogen-bond acceptors (Lipinski definition) is 2. The van der Waals surface area contributed by atoms with Gasteiger partial charge in [-0.3, -0.25) is 0 Å². The Hall–Kier alpha value is -1.18. The van der Waals surface area contributed by atoms with Crippen molar-refractivity contribution in [3.63, 3.8) is 0 Å². The molecule has 1 aromatic carbocycles. The third-order valence-electron chi connectivity index (χ3n) is 2.15. The fraction of sp³-hybridized carbons (Fsp3) is 0.500. The molecule has 0 aliphatic heterocycles. The minimum Gasteiger partial charge on any atom is -0.491 e. The molecule has 0 spiro atoms. The predicted molar refractivity (Wildman–Crippen MR) is 58.9 cm³/mol. The standard InChI is InChI=1S/C12H17NO/c1-9(2)14-12-5-3-4-11(8-12)13-10-6-7-10/h3-5,8-10,13H,6-7H2,1-2H3. The van der Waals surface area contributed by atoms with Gasteiger partial charge in [0.2, 0.25) is 0 Å². The zero-order valence-corrected chi connectivity index (χ0v) is 8.79. The van der Waals surface area contributed by atoms with E-state index >= 15 is 0 Å². The summed E-state index contributed by atoms with van der Waals surface area (Å²) in [5, 5.41) is 3.45. The Labute approximate surface area is 85.3 Å². The zero-order valence-electron chi connectivity index (χ0n) is 8.79. The van der Waals surface area contributed by atoms with E-state index in [1.807, 2.05) is 26.0 Å². The van der Waals surface area contributed by atoms with Crippen molar-refractivity contribution in [2.75, 3.05) is 5.32 Å². The minimum absolute atomic E-state index is 0.242. The van der Waals surface area contributed by atoms with Gasteiger partial charge in [0.05, 0.1) is 6.10 Å². The molecule has 1 saturated carbocycles. The van der Waals surface area contributed by atoms with Crippen LogP contribution in [0, 0.1) is 0 Å². The van der Waals surface area contributed by atoms with Crippen molar-refractivity contribution in [1.29, 1.82) is 0 Å². The van der Waals surface area contributed by atoms with Crippen molar-refractivity contribution in [1.82, 2.24) is 0 Å². The van der Waals surface area contributed by atoms with E-state index in [1.165, 1.54) is 18.5 Å². The van der Waals surface area contributed by atoms with Gasteiger partial charge >= 0.3 is 0 Å². The fourth-order valence-corrected chi connectivity index (χ4v) is 1.39. The van der Waals surface area contributed by atoms with E-state index in [9.17, 15) is 0 Å². The molecule has 1 aliphatic carbocycles. The molecule has 0 radical (unpaired) electrons. The quantitative estimate of drug-likeness (QED) is 0.789. The number of rotatable bonds is 4. The maximum Gasteiger partial charge on any atom is 0.121 e. The van der Waals surface area contributed by atoms with E-state index in [4.69, 9.17) is 4.74 Å². The predicted octanol–water partition coefficient (Wildman–Crippen LogP) is 3.05. The molecule has 0 saturated heterocycles. The molecular weight excluding hydrogens is 174 g/mol. The Morgan fingerprint density at radius 3 is 2.79 bits per heavy atom. The van der Waals surface area contributed by atoms with E-state index in [0.717, 1.165) is 5.75 Å². The van der Waals surface area contributed by atoms with Gasteiger partial charge in [0, 0.05) is 17.8 Å². The first-order valence-electron chi connectivity index (χ1n) is 5.27. The van der Waals surface area contributed by atoms with Crippen LogP contribution >= 0.6 is 0 Å². The van der Waals surface area contributed by atoms with E-state index in [0.29, 0.717) is 6.04 Å². The minimum atomic E-state index is 0.242. The molecule has 1 aromatic rings. The Balaban J connectivity index is 2.01. The van der Waals surface area contributed by atoms with Crippen molar-refractivity contribution in [3.8, 4) is 5.75 Å². The van der Waals surface area contributed by atoms with Gasteiger partial charge in [0.15, 0.2) is 0 Å². The van der Waals surface area contributed by atoms with Crippen LogP contribution in [0.15, 0.2) is 24.3 Å². The zero-order chi connectivity index (χ0) is 9.97. The molecule has 2 heteroatoms. The Morgan fingerprint density at radius 1 is 1.36 bits per heavy atom. The monoisotopic (exact) mass is 191 g/mol. The average Bonchev–Trinajstić information content (AvgIpc) is 2.87. The van der Waals surface area contributed by atoms with Crippen LogP contribution in [0.25, 0.3) is 0 Å². The summed E-state index contributed by atoms with van der Waals surface area (Å²) in [6.45, 7) is 4.09. The third-order valence-corrected chi connectivity index (χ3v) is 2.15.